The third-order valence-corrected chi connectivity index (χ3v) is 8.97. The van der Waals surface area contributed by atoms with Gasteiger partial charge < -0.3 is 30.2 Å². The maximum atomic E-state index is 13.6. The van der Waals surface area contributed by atoms with E-state index in [9.17, 15) is 22.8 Å². The van der Waals surface area contributed by atoms with Crippen molar-refractivity contribution in [2.24, 2.45) is 0 Å². The zero-order valence-electron chi connectivity index (χ0n) is 30.9. The van der Waals surface area contributed by atoms with Crippen LogP contribution in [-0.4, -0.2) is 83.1 Å². The van der Waals surface area contributed by atoms with E-state index in [1.165, 1.54) is 13.3 Å². The predicted molar refractivity (Wildman–Crippen MR) is 208 cm³/mol. The first-order valence-electron chi connectivity index (χ1n) is 17.9. The Kier molecular flexibility index (Phi) is 11.5. The summed E-state index contributed by atoms with van der Waals surface area (Å²) in [4.78, 5) is 37.3. The molecule has 0 radical (unpaired) electrons. The molecule has 2 aromatic heterocycles. The van der Waals surface area contributed by atoms with Crippen molar-refractivity contribution in [2.75, 3.05) is 62.5 Å². The Morgan fingerprint density at radius 3 is 2.44 bits per heavy atom. The summed E-state index contributed by atoms with van der Waals surface area (Å²) in [6, 6.07) is 23.7. The molecule has 3 heterocycles. The first-order chi connectivity index (χ1) is 27.5. The second-order valence-electron chi connectivity index (χ2n) is 13.0. The first kappa shape index (κ1) is 38.6. The Morgan fingerprint density at radius 2 is 1.68 bits per heavy atom. The maximum Gasteiger partial charge on any atom is 0.435 e. The van der Waals surface area contributed by atoms with E-state index in [1.807, 2.05) is 6.92 Å². The number of benzene rings is 4. The Balaban J connectivity index is 1.05. The highest BCUT2D eigenvalue weighted by Crippen LogP contribution is 2.35. The molecule has 0 bridgehead atoms. The third-order valence-electron chi connectivity index (χ3n) is 8.97. The van der Waals surface area contributed by atoms with E-state index in [-0.39, 0.29) is 23.6 Å². The van der Waals surface area contributed by atoms with E-state index >= 15 is 0 Å². The number of carbonyl (C=O) groups excluding carboxylic acids is 2. The Labute approximate surface area is 325 Å². The van der Waals surface area contributed by atoms with Crippen LogP contribution in [0.3, 0.4) is 0 Å². The number of methoxy groups -OCH3 is 1. The van der Waals surface area contributed by atoms with Gasteiger partial charge in [0.2, 0.25) is 11.8 Å². The number of halogens is 3. The lowest BCUT2D eigenvalue weighted by Crippen LogP contribution is -2.41. The molecule has 17 heteroatoms. The second-order valence-corrected chi connectivity index (χ2v) is 13.0. The molecule has 294 valence electrons. The van der Waals surface area contributed by atoms with Crippen molar-refractivity contribution in [1.82, 2.24) is 30.0 Å². The number of alkyl halides is 3. The lowest BCUT2D eigenvalue weighted by Gasteiger charge is -2.26. The van der Waals surface area contributed by atoms with Crippen molar-refractivity contribution >= 4 is 45.9 Å². The summed E-state index contributed by atoms with van der Waals surface area (Å²) in [5.41, 5.74) is 1.37. The molecule has 0 atom stereocenters. The summed E-state index contributed by atoms with van der Waals surface area (Å²) in [5.74, 6) is 0.833. The van der Waals surface area contributed by atoms with E-state index in [0.717, 1.165) is 29.4 Å². The van der Waals surface area contributed by atoms with Crippen molar-refractivity contribution in [3.05, 3.63) is 114 Å². The molecule has 3 amide bonds. The number of amides is 3. The summed E-state index contributed by atoms with van der Waals surface area (Å²) in [7, 11) is 1.51. The number of anilines is 4. The summed E-state index contributed by atoms with van der Waals surface area (Å²) >= 11 is 0. The van der Waals surface area contributed by atoms with Gasteiger partial charge in [-0.25, -0.2) is 14.5 Å². The molecule has 1 fully saturated rings. The van der Waals surface area contributed by atoms with Gasteiger partial charge in [-0.2, -0.15) is 23.3 Å². The summed E-state index contributed by atoms with van der Waals surface area (Å²) < 4.78 is 59.0. The summed E-state index contributed by atoms with van der Waals surface area (Å²) in [6.07, 6.45) is -3.21. The molecule has 4 aromatic carbocycles. The molecule has 1 aliphatic heterocycles. The number of nitrogens with zero attached hydrogens (tertiary/aromatic N) is 5. The van der Waals surface area contributed by atoms with E-state index in [4.69, 9.17) is 14.2 Å². The van der Waals surface area contributed by atoms with E-state index in [1.54, 1.807) is 84.9 Å². The van der Waals surface area contributed by atoms with Gasteiger partial charge in [-0.05, 0) is 43.3 Å². The molecule has 14 nitrogen and oxygen atoms in total. The van der Waals surface area contributed by atoms with Crippen LogP contribution >= 0.6 is 0 Å². The molecule has 1 saturated heterocycles. The summed E-state index contributed by atoms with van der Waals surface area (Å²) in [5, 5.41) is 16.2. The number of fused-ring (bicyclic) bond motifs is 1. The topological polar surface area (TPSA) is 157 Å². The number of aryl methyl sites for hydroxylation is 1. The molecule has 0 aliphatic carbocycles. The molecule has 4 N–H and O–H groups in total. The van der Waals surface area contributed by atoms with Crippen LogP contribution in [0, 0.1) is 6.92 Å². The monoisotopic (exact) mass is 781 g/mol. The number of rotatable bonds is 12. The van der Waals surface area contributed by atoms with Gasteiger partial charge in [0.25, 0.3) is 5.91 Å². The summed E-state index contributed by atoms with van der Waals surface area (Å²) in [6.45, 7) is 6.06. The van der Waals surface area contributed by atoms with Crippen LogP contribution < -0.4 is 30.7 Å². The molecule has 7 rings (SSSR count). The van der Waals surface area contributed by atoms with Crippen LogP contribution in [0.15, 0.2) is 97.2 Å². The number of aromatic nitrogens is 4. The average Bonchev–Trinajstić information content (AvgIpc) is 3.64. The standard InChI is InChI=1S/C40H38F3N9O5/c1-25-7-9-28(10-8-25)52-35(24-34(50-52)40(41,42)43)48-39(54)47-32-11-12-33(31-6-4-3-5-30(31)32)57-36-13-14-45-38(49-36)46-27-21-26(22-29(23-27)55-2)37(53)44-15-16-51-17-19-56-20-18-51/h3-14,21-24H,15-20H2,1-2H3,(H,44,53)(H,45,46,49)(H2,47,48,54). The largest absolute Gasteiger partial charge is 0.497 e. The number of ether oxygens (including phenoxy) is 3. The quantitative estimate of drug-likeness (QED) is 0.0988. The molecule has 57 heavy (non-hydrogen) atoms. The fourth-order valence-corrected chi connectivity index (χ4v) is 6.11. The fourth-order valence-electron chi connectivity index (χ4n) is 6.11. The minimum Gasteiger partial charge on any atom is -0.497 e. The first-order valence-corrected chi connectivity index (χ1v) is 17.9. The van der Waals surface area contributed by atoms with E-state index in [2.05, 4.69) is 41.2 Å². The zero-order chi connectivity index (χ0) is 39.9. The molecule has 6 aromatic rings. The highest BCUT2D eigenvalue weighted by Gasteiger charge is 2.35. The van der Waals surface area contributed by atoms with Crippen LogP contribution in [0.25, 0.3) is 16.5 Å². The van der Waals surface area contributed by atoms with Gasteiger partial charge in [-0.15, -0.1) is 0 Å². The SMILES string of the molecule is COc1cc(Nc2nccc(Oc3ccc(NC(=O)Nc4cc(C(F)(F)F)nn4-c4ccc(C)cc4)c4ccccc34)n2)cc(C(=O)NCCN2CCOCC2)c1. The van der Waals surface area contributed by atoms with Crippen molar-refractivity contribution in [2.45, 2.75) is 13.1 Å². The van der Waals surface area contributed by atoms with Crippen LogP contribution in [0.5, 0.6) is 17.4 Å². The normalized spacial score (nSPS) is 13.2. The molecular formula is C40H38F3N9O5. The Hall–Kier alpha value is -6.72. The number of nitrogens with one attached hydrogen (secondary N) is 4. The molecule has 0 unspecified atom stereocenters. The minimum atomic E-state index is -4.73. The zero-order valence-corrected chi connectivity index (χ0v) is 30.9. The van der Waals surface area contributed by atoms with E-state index in [0.29, 0.717) is 71.2 Å². The van der Waals surface area contributed by atoms with Gasteiger partial charge in [0.1, 0.15) is 17.3 Å². The van der Waals surface area contributed by atoms with Gasteiger partial charge >= 0.3 is 12.2 Å². The Morgan fingerprint density at radius 1 is 0.912 bits per heavy atom. The number of morpholine rings is 1. The van der Waals surface area contributed by atoms with Crippen molar-refractivity contribution in [1.29, 1.82) is 0 Å². The fraction of sp³-hybridized carbons (Fsp3) is 0.225. The van der Waals surface area contributed by atoms with Crippen LogP contribution in [0.2, 0.25) is 0 Å². The highest BCUT2D eigenvalue weighted by molar-refractivity contribution is 6.07. The smallest absolute Gasteiger partial charge is 0.435 e. The van der Waals surface area contributed by atoms with Crippen molar-refractivity contribution < 1.29 is 37.0 Å². The Bertz CT molecular complexity index is 2380. The second kappa shape index (κ2) is 17.0. The molecular weight excluding hydrogens is 743 g/mol. The predicted octanol–water partition coefficient (Wildman–Crippen LogP) is 7.39. The third kappa shape index (κ3) is 9.57. The number of hydrogen-bond acceptors (Lipinski definition) is 10. The lowest BCUT2D eigenvalue weighted by atomic mass is 10.1. The van der Waals surface area contributed by atoms with Gasteiger partial charge in [-0.1, -0.05) is 42.0 Å². The van der Waals surface area contributed by atoms with Gasteiger partial charge in [0.05, 0.1) is 31.7 Å². The number of hydrogen-bond donors (Lipinski definition) is 4. The molecule has 0 spiro atoms. The average molecular weight is 782 g/mol. The van der Waals surface area contributed by atoms with Crippen molar-refractivity contribution in [3.8, 4) is 23.1 Å². The van der Waals surface area contributed by atoms with Crippen molar-refractivity contribution in [3.63, 3.8) is 0 Å². The van der Waals surface area contributed by atoms with Crippen LogP contribution in [0.1, 0.15) is 21.6 Å². The maximum absolute atomic E-state index is 13.6. The number of carbonyl (C=O) groups is 2. The minimum absolute atomic E-state index is 0.172. The van der Waals surface area contributed by atoms with E-state index < -0.39 is 17.9 Å². The molecule has 1 aliphatic rings. The van der Waals surface area contributed by atoms with Gasteiger partial charge in [-0.3, -0.25) is 15.0 Å². The van der Waals surface area contributed by atoms with Crippen LogP contribution in [-0.2, 0) is 10.9 Å². The van der Waals surface area contributed by atoms with Crippen LogP contribution in [0.4, 0.5) is 41.1 Å². The number of urea groups is 1. The highest BCUT2D eigenvalue weighted by atomic mass is 19.4. The van der Waals surface area contributed by atoms with Gasteiger partial charge in [0, 0.05) is 72.6 Å². The van der Waals surface area contributed by atoms with Gasteiger partial charge in [0.15, 0.2) is 5.69 Å². The lowest BCUT2D eigenvalue weighted by molar-refractivity contribution is -0.141. The molecule has 0 saturated carbocycles.